The van der Waals surface area contributed by atoms with Crippen LogP contribution in [0.25, 0.3) is 0 Å². The number of aromatic nitrogens is 1. The summed E-state index contributed by atoms with van der Waals surface area (Å²) in [4.78, 5) is 5.65. The van der Waals surface area contributed by atoms with Crippen molar-refractivity contribution < 1.29 is 0 Å². The molecule has 2 nitrogen and oxygen atoms in total. The summed E-state index contributed by atoms with van der Waals surface area (Å²) in [5.74, 6) is 0. The Kier molecular flexibility index (Phi) is 2.96. The van der Waals surface area contributed by atoms with Gasteiger partial charge < -0.3 is 5.73 Å². The zero-order chi connectivity index (χ0) is 12.6. The van der Waals surface area contributed by atoms with Gasteiger partial charge >= 0.3 is 0 Å². The molecule has 0 bridgehead atoms. The van der Waals surface area contributed by atoms with E-state index in [4.69, 9.17) is 5.73 Å². The lowest BCUT2D eigenvalue weighted by Crippen LogP contribution is -2.43. The van der Waals surface area contributed by atoms with Gasteiger partial charge in [0.2, 0.25) is 0 Å². The largest absolute Gasteiger partial charge is 0.323 e. The van der Waals surface area contributed by atoms with Gasteiger partial charge in [0, 0.05) is 28.7 Å². The second-order valence-electron chi connectivity index (χ2n) is 5.26. The van der Waals surface area contributed by atoms with Gasteiger partial charge in [-0.15, -0.1) is 11.3 Å². The molecule has 2 heterocycles. The highest BCUT2D eigenvalue weighted by molar-refractivity contribution is 7.10. The first-order chi connectivity index (χ1) is 8.72. The van der Waals surface area contributed by atoms with Crippen LogP contribution in [-0.2, 0) is 5.41 Å². The number of rotatable bonds is 3. The number of nitrogens with zero attached hydrogens (tertiary/aromatic N) is 1. The monoisotopic (exact) mass is 258 g/mol. The summed E-state index contributed by atoms with van der Waals surface area (Å²) in [7, 11) is 0. The highest BCUT2D eigenvalue weighted by atomic mass is 32.1. The Hall–Kier alpha value is -1.19. The van der Waals surface area contributed by atoms with Gasteiger partial charge in [0.15, 0.2) is 0 Å². The molecule has 0 aliphatic heterocycles. The van der Waals surface area contributed by atoms with Gasteiger partial charge in [-0.05, 0) is 48.4 Å². The van der Waals surface area contributed by atoms with Crippen LogP contribution in [0.1, 0.15) is 41.3 Å². The Morgan fingerprint density at radius 1 is 1.44 bits per heavy atom. The minimum atomic E-state index is 0.0676. The van der Waals surface area contributed by atoms with Gasteiger partial charge in [-0.1, -0.05) is 12.5 Å². The topological polar surface area (TPSA) is 38.9 Å². The van der Waals surface area contributed by atoms with Crippen molar-refractivity contribution in [3.05, 3.63) is 52.0 Å². The molecule has 0 aromatic carbocycles. The molecule has 1 unspecified atom stereocenters. The molecule has 0 saturated heterocycles. The van der Waals surface area contributed by atoms with E-state index in [1.54, 1.807) is 6.20 Å². The molecule has 0 radical (unpaired) electrons. The van der Waals surface area contributed by atoms with Crippen molar-refractivity contribution in [1.29, 1.82) is 0 Å². The van der Waals surface area contributed by atoms with Gasteiger partial charge in [0.05, 0.1) is 0 Å². The number of nitrogens with two attached hydrogens (primary N) is 1. The van der Waals surface area contributed by atoms with Crippen LogP contribution in [0.4, 0.5) is 0 Å². The Morgan fingerprint density at radius 2 is 2.28 bits per heavy atom. The van der Waals surface area contributed by atoms with Crippen molar-refractivity contribution in [3.8, 4) is 0 Å². The van der Waals surface area contributed by atoms with Crippen LogP contribution < -0.4 is 5.73 Å². The molecule has 2 aromatic rings. The van der Waals surface area contributed by atoms with E-state index in [9.17, 15) is 0 Å². The van der Waals surface area contributed by atoms with Gasteiger partial charge in [-0.25, -0.2) is 0 Å². The first kappa shape index (κ1) is 11.9. The van der Waals surface area contributed by atoms with Crippen molar-refractivity contribution >= 4 is 11.3 Å². The van der Waals surface area contributed by atoms with Crippen LogP contribution in [0.3, 0.4) is 0 Å². The van der Waals surface area contributed by atoms with E-state index in [2.05, 4.69) is 29.4 Å². The summed E-state index contributed by atoms with van der Waals surface area (Å²) in [6.45, 7) is 2.15. The van der Waals surface area contributed by atoms with Crippen LogP contribution >= 0.6 is 11.3 Å². The first-order valence-corrected chi connectivity index (χ1v) is 7.31. The van der Waals surface area contributed by atoms with E-state index in [1.165, 1.54) is 29.7 Å². The highest BCUT2D eigenvalue weighted by Crippen LogP contribution is 2.52. The minimum absolute atomic E-state index is 0.0676. The fourth-order valence-electron chi connectivity index (χ4n) is 2.84. The lowest BCUT2D eigenvalue weighted by Gasteiger charge is -2.46. The van der Waals surface area contributed by atoms with Gasteiger partial charge in [-0.2, -0.15) is 0 Å². The Morgan fingerprint density at radius 3 is 2.78 bits per heavy atom. The van der Waals surface area contributed by atoms with E-state index in [0.29, 0.717) is 0 Å². The number of aryl methyl sites for hydroxylation is 1. The molecule has 3 heteroatoms. The van der Waals surface area contributed by atoms with Crippen LogP contribution in [0.5, 0.6) is 0 Å². The molecule has 2 aromatic heterocycles. The van der Waals surface area contributed by atoms with E-state index in [-0.39, 0.29) is 11.5 Å². The molecule has 1 aliphatic carbocycles. The van der Waals surface area contributed by atoms with Crippen LogP contribution in [0, 0.1) is 6.92 Å². The number of hydrogen-bond acceptors (Lipinski definition) is 3. The number of hydrogen-bond donors (Lipinski definition) is 1. The predicted molar refractivity (Wildman–Crippen MR) is 75.8 cm³/mol. The van der Waals surface area contributed by atoms with Crippen molar-refractivity contribution in [2.75, 3.05) is 0 Å². The summed E-state index contributed by atoms with van der Waals surface area (Å²) in [6.07, 6.45) is 7.39. The molecule has 0 amide bonds. The molecular formula is C15H18N2S. The normalized spacial score (nSPS) is 19.2. The van der Waals surface area contributed by atoms with E-state index in [1.807, 2.05) is 23.6 Å². The molecule has 3 rings (SSSR count). The van der Waals surface area contributed by atoms with Crippen molar-refractivity contribution in [1.82, 2.24) is 4.98 Å². The standard InChI is InChI=1S/C15H18N2S/c1-11-8-13(18-10-11)15(5-3-6-15)14(16)12-4-2-7-17-9-12/h2,4,7-10,14H,3,5-6,16H2,1H3. The quantitative estimate of drug-likeness (QED) is 0.914. The predicted octanol–water partition coefficient (Wildman–Crippen LogP) is 3.57. The van der Waals surface area contributed by atoms with Crippen molar-refractivity contribution in [2.45, 2.75) is 37.6 Å². The fourth-order valence-corrected chi connectivity index (χ4v) is 4.04. The van der Waals surface area contributed by atoms with Gasteiger partial charge in [0.1, 0.15) is 0 Å². The molecule has 1 aliphatic rings. The Bertz CT molecular complexity index is 528. The first-order valence-electron chi connectivity index (χ1n) is 6.43. The fraction of sp³-hybridized carbons (Fsp3) is 0.400. The summed E-state index contributed by atoms with van der Waals surface area (Å²) in [6, 6.07) is 6.44. The lowest BCUT2D eigenvalue weighted by molar-refractivity contribution is 0.201. The number of pyridine rings is 1. The molecule has 0 spiro atoms. The molecule has 2 N–H and O–H groups in total. The highest BCUT2D eigenvalue weighted by Gasteiger charge is 2.45. The second-order valence-corrected chi connectivity index (χ2v) is 6.17. The summed E-state index contributed by atoms with van der Waals surface area (Å²) in [5, 5.41) is 2.23. The van der Waals surface area contributed by atoms with Gasteiger partial charge in [-0.3, -0.25) is 4.98 Å². The molecule has 1 atom stereocenters. The summed E-state index contributed by atoms with van der Waals surface area (Å²) in [5.41, 5.74) is 9.20. The lowest BCUT2D eigenvalue weighted by atomic mass is 9.62. The number of thiophene rings is 1. The third-order valence-corrected chi connectivity index (χ3v) is 5.37. The molecular weight excluding hydrogens is 240 g/mol. The van der Waals surface area contributed by atoms with E-state index >= 15 is 0 Å². The third kappa shape index (κ3) is 1.78. The molecule has 18 heavy (non-hydrogen) atoms. The van der Waals surface area contributed by atoms with Gasteiger partial charge in [0.25, 0.3) is 0 Å². The zero-order valence-electron chi connectivity index (χ0n) is 10.6. The maximum Gasteiger partial charge on any atom is 0.0416 e. The minimum Gasteiger partial charge on any atom is -0.323 e. The van der Waals surface area contributed by atoms with Crippen molar-refractivity contribution in [2.24, 2.45) is 5.73 Å². The average molecular weight is 258 g/mol. The Balaban J connectivity index is 1.97. The van der Waals surface area contributed by atoms with E-state index < -0.39 is 0 Å². The van der Waals surface area contributed by atoms with E-state index in [0.717, 1.165) is 5.56 Å². The smallest absolute Gasteiger partial charge is 0.0416 e. The van der Waals surface area contributed by atoms with Crippen molar-refractivity contribution in [3.63, 3.8) is 0 Å². The molecule has 1 fully saturated rings. The summed E-state index contributed by atoms with van der Waals surface area (Å²) >= 11 is 1.85. The van der Waals surface area contributed by atoms with Crippen LogP contribution in [0.15, 0.2) is 36.0 Å². The Labute approximate surface area is 112 Å². The van der Waals surface area contributed by atoms with Crippen LogP contribution in [0.2, 0.25) is 0 Å². The third-order valence-electron chi connectivity index (χ3n) is 4.11. The second kappa shape index (κ2) is 4.48. The maximum atomic E-state index is 6.54. The van der Waals surface area contributed by atoms with Crippen LogP contribution in [-0.4, -0.2) is 4.98 Å². The molecule has 94 valence electrons. The maximum absolute atomic E-state index is 6.54. The summed E-state index contributed by atoms with van der Waals surface area (Å²) < 4.78 is 0. The SMILES string of the molecule is Cc1csc(C2(C(N)c3cccnc3)CCC2)c1. The average Bonchev–Trinajstić information content (AvgIpc) is 2.76. The zero-order valence-corrected chi connectivity index (χ0v) is 11.4. The molecule has 1 saturated carbocycles.